The fraction of sp³-hybridized carbons (Fsp3) is 0.300. The monoisotopic (exact) mass is 406 g/mol. The van der Waals surface area contributed by atoms with Crippen molar-refractivity contribution >= 4 is 31.0 Å². The number of hydroxylamine groups is 1. The Kier molecular flexibility index (Phi) is 5.45. The van der Waals surface area contributed by atoms with Gasteiger partial charge in [-0.25, -0.2) is 14.3 Å². The van der Waals surface area contributed by atoms with Crippen LogP contribution >= 0.6 is 13.5 Å². The molecule has 1 fully saturated rings. The molecule has 1 aliphatic heterocycles. The Hall–Kier alpha value is -2.45. The molecule has 148 valence electrons. The van der Waals surface area contributed by atoms with E-state index in [1.165, 1.54) is 17.0 Å². The molecule has 0 unspecified atom stereocenters. The van der Waals surface area contributed by atoms with Gasteiger partial charge in [0.05, 0.1) is 11.1 Å². The number of nitrogens with one attached hydrogen (secondary N) is 1. The van der Waals surface area contributed by atoms with Crippen LogP contribution in [-0.4, -0.2) is 23.6 Å². The molecule has 1 atom stereocenters. The highest BCUT2D eigenvalue weighted by Gasteiger charge is 2.49. The normalized spacial score (nSPS) is 20.7. The Morgan fingerprint density at radius 3 is 2.68 bits per heavy atom. The number of anilines is 1. The third-order valence-electron chi connectivity index (χ3n) is 5.71. The molecule has 2 amide bonds. The van der Waals surface area contributed by atoms with E-state index in [2.05, 4.69) is 0 Å². The molecule has 1 aliphatic carbocycles. The van der Waals surface area contributed by atoms with Gasteiger partial charge in [0.1, 0.15) is 0 Å². The Morgan fingerprint density at radius 1 is 1.14 bits per heavy atom. The highest BCUT2D eigenvalue weighted by Crippen LogP contribution is 2.45. The van der Waals surface area contributed by atoms with Crippen molar-refractivity contribution in [1.29, 1.82) is 0 Å². The minimum absolute atomic E-state index is 0. The lowest BCUT2D eigenvalue weighted by atomic mass is 9.70. The number of rotatable bonds is 2. The Bertz CT molecular complexity index is 953. The van der Waals surface area contributed by atoms with E-state index in [9.17, 15) is 18.4 Å². The van der Waals surface area contributed by atoms with E-state index in [4.69, 9.17) is 5.21 Å². The van der Waals surface area contributed by atoms with E-state index >= 15 is 0 Å². The second-order valence-electron chi connectivity index (χ2n) is 7.16. The van der Waals surface area contributed by atoms with Crippen molar-refractivity contribution in [3.63, 3.8) is 0 Å². The van der Waals surface area contributed by atoms with Crippen molar-refractivity contribution in [2.75, 3.05) is 11.4 Å². The van der Waals surface area contributed by atoms with Crippen molar-refractivity contribution in [3.05, 3.63) is 64.7 Å². The lowest BCUT2D eigenvalue weighted by Crippen LogP contribution is -2.39. The zero-order chi connectivity index (χ0) is 19.2. The molecule has 0 bridgehead atoms. The molecule has 1 saturated heterocycles. The number of carbonyl (C=O) groups is 2. The van der Waals surface area contributed by atoms with Gasteiger partial charge in [-0.15, -0.1) is 0 Å². The highest BCUT2D eigenvalue weighted by atomic mass is 32.1. The number of nitrogens with zero attached hydrogens (tertiary/aromatic N) is 1. The van der Waals surface area contributed by atoms with E-state index < -0.39 is 23.0 Å². The molecule has 5 nitrogen and oxygen atoms in total. The van der Waals surface area contributed by atoms with E-state index in [1.54, 1.807) is 23.7 Å². The van der Waals surface area contributed by atoms with Crippen molar-refractivity contribution < 1.29 is 23.6 Å². The lowest BCUT2D eigenvalue weighted by Gasteiger charge is -2.33. The summed E-state index contributed by atoms with van der Waals surface area (Å²) < 4.78 is 27.7. The summed E-state index contributed by atoms with van der Waals surface area (Å²) in [7, 11) is 0. The van der Waals surface area contributed by atoms with Crippen LogP contribution in [0.5, 0.6) is 0 Å². The predicted octanol–water partition coefficient (Wildman–Crippen LogP) is 3.11. The van der Waals surface area contributed by atoms with Crippen LogP contribution in [0.15, 0.2) is 36.4 Å². The number of halogens is 2. The fourth-order valence-electron chi connectivity index (χ4n) is 4.21. The van der Waals surface area contributed by atoms with E-state index in [1.807, 2.05) is 0 Å². The van der Waals surface area contributed by atoms with Crippen molar-refractivity contribution in [2.45, 2.75) is 25.7 Å². The molecule has 2 aromatic carbocycles. The second kappa shape index (κ2) is 7.52. The smallest absolute Gasteiger partial charge is 0.274 e. The maximum atomic E-state index is 14.1. The first-order valence-corrected chi connectivity index (χ1v) is 8.77. The number of hydrogen-bond donors (Lipinski definition) is 2. The number of benzene rings is 2. The molecule has 2 aliphatic rings. The number of amides is 2. The average Bonchev–Trinajstić information content (AvgIpc) is 2.99. The number of fused-ring (bicyclic) bond motifs is 1. The van der Waals surface area contributed by atoms with Gasteiger partial charge in [-0.3, -0.25) is 14.8 Å². The van der Waals surface area contributed by atoms with Crippen LogP contribution < -0.4 is 10.4 Å². The topological polar surface area (TPSA) is 69.6 Å². The van der Waals surface area contributed by atoms with E-state index in [0.717, 1.165) is 17.2 Å². The third kappa shape index (κ3) is 3.16. The zero-order valence-corrected chi connectivity index (χ0v) is 16.0. The van der Waals surface area contributed by atoms with E-state index in [-0.39, 0.29) is 25.1 Å². The first kappa shape index (κ1) is 20.3. The summed E-state index contributed by atoms with van der Waals surface area (Å²) in [6.45, 7) is 0.347. The molecular formula is C20H20F2N2O3S. The molecule has 0 radical (unpaired) electrons. The standard InChI is InChI=1S/C20H18F2N2O3.H2S/c21-15-2-1-3-16(17(15)22)24-9-8-20(19(24)26)7-6-12-10-13(18(25)23-27)4-5-14(12)11-20;/h1-5,10,27H,6-9,11H2,(H,23,25);1H2/t20-;/m1./s1. The molecule has 2 aromatic rings. The summed E-state index contributed by atoms with van der Waals surface area (Å²) in [4.78, 5) is 26.0. The first-order chi connectivity index (χ1) is 12.9. The van der Waals surface area contributed by atoms with Crippen molar-refractivity contribution in [3.8, 4) is 0 Å². The van der Waals surface area contributed by atoms with Crippen LogP contribution in [0.4, 0.5) is 14.5 Å². The molecule has 8 heteroatoms. The van der Waals surface area contributed by atoms with Crippen molar-refractivity contribution in [1.82, 2.24) is 5.48 Å². The maximum absolute atomic E-state index is 14.1. The fourth-order valence-corrected chi connectivity index (χ4v) is 4.21. The Morgan fingerprint density at radius 2 is 1.93 bits per heavy atom. The highest BCUT2D eigenvalue weighted by molar-refractivity contribution is 7.59. The SMILES string of the molecule is O=C(NO)c1ccc2c(c1)CC[C@@]1(CCN(c3cccc(F)c3F)C1=O)C2.S. The van der Waals surface area contributed by atoms with Crippen LogP contribution in [0.2, 0.25) is 0 Å². The van der Waals surface area contributed by atoms with Crippen LogP contribution in [0.1, 0.15) is 34.3 Å². The molecule has 2 N–H and O–H groups in total. The van der Waals surface area contributed by atoms with E-state index in [0.29, 0.717) is 37.8 Å². The number of carbonyl (C=O) groups excluding carboxylic acids is 2. The van der Waals surface area contributed by atoms with Crippen LogP contribution in [0.25, 0.3) is 0 Å². The van der Waals surface area contributed by atoms with Crippen LogP contribution in [-0.2, 0) is 17.6 Å². The molecule has 1 heterocycles. The zero-order valence-electron chi connectivity index (χ0n) is 15.0. The minimum atomic E-state index is -1.00. The molecule has 4 rings (SSSR count). The Balaban J connectivity index is 0.00000225. The Labute approximate surface area is 167 Å². The van der Waals surface area contributed by atoms with Gasteiger partial charge in [0.2, 0.25) is 5.91 Å². The summed E-state index contributed by atoms with van der Waals surface area (Å²) >= 11 is 0. The van der Waals surface area contributed by atoms with Gasteiger partial charge in [-0.1, -0.05) is 12.1 Å². The quantitative estimate of drug-likeness (QED) is 0.595. The van der Waals surface area contributed by atoms with Gasteiger partial charge in [0, 0.05) is 12.1 Å². The molecule has 28 heavy (non-hydrogen) atoms. The summed E-state index contributed by atoms with van der Waals surface area (Å²) in [6.07, 6.45) is 2.25. The van der Waals surface area contributed by atoms with Crippen LogP contribution in [0, 0.1) is 17.0 Å². The van der Waals surface area contributed by atoms with Crippen LogP contribution in [0.3, 0.4) is 0 Å². The summed E-state index contributed by atoms with van der Waals surface area (Å²) in [5.41, 5.74) is 3.24. The summed E-state index contributed by atoms with van der Waals surface area (Å²) in [5, 5.41) is 8.77. The lowest BCUT2D eigenvalue weighted by molar-refractivity contribution is -0.126. The van der Waals surface area contributed by atoms with Gasteiger partial charge >= 0.3 is 0 Å². The average molecular weight is 406 g/mol. The van der Waals surface area contributed by atoms with Gasteiger partial charge < -0.3 is 4.90 Å². The maximum Gasteiger partial charge on any atom is 0.274 e. The van der Waals surface area contributed by atoms with Gasteiger partial charge in [0.25, 0.3) is 5.91 Å². The predicted molar refractivity (Wildman–Crippen MR) is 104 cm³/mol. The van der Waals surface area contributed by atoms with Crippen molar-refractivity contribution in [2.24, 2.45) is 5.41 Å². The molecule has 0 saturated carbocycles. The number of hydrogen-bond acceptors (Lipinski definition) is 3. The third-order valence-corrected chi connectivity index (χ3v) is 5.71. The van der Waals surface area contributed by atoms with Gasteiger partial charge in [-0.05, 0) is 61.1 Å². The van der Waals surface area contributed by atoms with Gasteiger partial charge in [-0.2, -0.15) is 13.5 Å². The summed E-state index contributed by atoms with van der Waals surface area (Å²) in [6, 6.07) is 8.97. The first-order valence-electron chi connectivity index (χ1n) is 8.77. The minimum Gasteiger partial charge on any atom is -0.309 e. The molecular weight excluding hydrogens is 386 g/mol. The molecule has 0 aromatic heterocycles. The largest absolute Gasteiger partial charge is 0.309 e. The number of aryl methyl sites for hydroxylation is 1. The summed E-state index contributed by atoms with van der Waals surface area (Å²) in [5.74, 6) is -2.73. The van der Waals surface area contributed by atoms with Gasteiger partial charge in [0.15, 0.2) is 11.6 Å². The second-order valence-corrected chi connectivity index (χ2v) is 7.16. The molecule has 1 spiro atoms.